The Labute approximate surface area is 128 Å². The molecule has 1 radical (unpaired) electrons. The van der Waals surface area contributed by atoms with Crippen molar-refractivity contribution in [2.45, 2.75) is 42.3 Å². The Morgan fingerprint density at radius 1 is 1.37 bits per heavy atom. The Kier molecular flexibility index (Phi) is 5.35. The van der Waals surface area contributed by atoms with Crippen LogP contribution in [0.3, 0.4) is 0 Å². The molecule has 1 N–H and O–H groups in total. The zero-order valence-electron chi connectivity index (χ0n) is 11.2. The molecule has 3 atom stereocenters. The van der Waals surface area contributed by atoms with Crippen molar-refractivity contribution >= 4 is 38.4 Å². The van der Waals surface area contributed by atoms with Gasteiger partial charge in [0.1, 0.15) is 0 Å². The number of rotatable bonds is 6. The van der Waals surface area contributed by atoms with Gasteiger partial charge in [-0.3, -0.25) is 0 Å². The Morgan fingerprint density at radius 2 is 2.11 bits per heavy atom. The molecule has 1 aromatic carbocycles. The number of hydrogen-bond donors (Lipinski definition) is 1. The minimum atomic E-state index is 0.0663. The zero-order valence-corrected chi connectivity index (χ0v) is 13.5. The first-order valence-corrected chi connectivity index (χ1v) is 8.17. The van der Waals surface area contributed by atoms with Crippen molar-refractivity contribution in [3.63, 3.8) is 0 Å². The van der Waals surface area contributed by atoms with Crippen molar-refractivity contribution in [2.24, 2.45) is 0 Å². The summed E-state index contributed by atoms with van der Waals surface area (Å²) in [6.07, 6.45) is 5.12. The monoisotopic (exact) mass is 340 g/mol. The van der Waals surface area contributed by atoms with E-state index in [4.69, 9.17) is 11.6 Å². The van der Waals surface area contributed by atoms with E-state index in [1.165, 1.54) is 16.5 Å². The van der Waals surface area contributed by atoms with Crippen LogP contribution < -0.4 is 0 Å². The molecule has 103 valence electrons. The van der Waals surface area contributed by atoms with E-state index in [1.54, 1.807) is 0 Å². The van der Waals surface area contributed by atoms with Crippen LogP contribution in [0.15, 0.2) is 30.5 Å². The third-order valence-electron chi connectivity index (χ3n) is 3.63. The lowest BCUT2D eigenvalue weighted by Crippen LogP contribution is -2.22. The Balaban J connectivity index is 2.31. The fraction of sp³-hybridized carbons (Fsp3) is 0.438. The van der Waals surface area contributed by atoms with Gasteiger partial charge < -0.3 is 4.98 Å². The molecular formula is C16H20BrClN. The standard InChI is InChI=1S/C16H20BrClN/c1-3-7-14(17)16(18)11(4-2)13-10-19-15-9-6-5-8-12(13)15/h5-6,8-11,14,16,19H,2-4,7H2,1H3. The molecule has 2 aromatic rings. The maximum absolute atomic E-state index is 6.67. The summed E-state index contributed by atoms with van der Waals surface area (Å²) in [5.41, 5.74) is 2.45. The van der Waals surface area contributed by atoms with E-state index in [-0.39, 0.29) is 11.3 Å². The van der Waals surface area contributed by atoms with E-state index >= 15 is 0 Å². The highest BCUT2D eigenvalue weighted by Crippen LogP contribution is 2.36. The number of aromatic amines is 1. The molecular weight excluding hydrogens is 322 g/mol. The molecule has 0 bridgehead atoms. The fourth-order valence-electron chi connectivity index (χ4n) is 2.57. The van der Waals surface area contributed by atoms with Gasteiger partial charge in [0.15, 0.2) is 0 Å². The summed E-state index contributed by atoms with van der Waals surface area (Å²) in [6.45, 7) is 6.28. The maximum atomic E-state index is 6.67. The molecule has 3 heteroatoms. The summed E-state index contributed by atoms with van der Waals surface area (Å²) in [7, 11) is 0. The lowest BCUT2D eigenvalue weighted by molar-refractivity contribution is 0.598. The first-order valence-electron chi connectivity index (χ1n) is 6.82. The molecule has 0 aliphatic rings. The smallest absolute Gasteiger partial charge is 0.0530 e. The predicted molar refractivity (Wildman–Crippen MR) is 88.3 cm³/mol. The van der Waals surface area contributed by atoms with Crippen LogP contribution in [0.4, 0.5) is 0 Å². The van der Waals surface area contributed by atoms with Gasteiger partial charge in [0.05, 0.1) is 5.38 Å². The summed E-state index contributed by atoms with van der Waals surface area (Å²) >= 11 is 10.4. The van der Waals surface area contributed by atoms with Crippen LogP contribution in [-0.2, 0) is 0 Å². The number of aromatic nitrogens is 1. The largest absolute Gasteiger partial charge is 0.361 e. The van der Waals surface area contributed by atoms with Gasteiger partial charge in [-0.25, -0.2) is 0 Å². The number of benzene rings is 1. The van der Waals surface area contributed by atoms with Crippen molar-refractivity contribution in [3.05, 3.63) is 42.9 Å². The van der Waals surface area contributed by atoms with Crippen LogP contribution in [0, 0.1) is 6.92 Å². The van der Waals surface area contributed by atoms with Crippen molar-refractivity contribution in [1.29, 1.82) is 0 Å². The van der Waals surface area contributed by atoms with Gasteiger partial charge in [0.25, 0.3) is 0 Å². The second kappa shape index (κ2) is 6.81. The quantitative estimate of drug-likeness (QED) is 0.654. The van der Waals surface area contributed by atoms with Crippen molar-refractivity contribution < 1.29 is 0 Å². The summed E-state index contributed by atoms with van der Waals surface area (Å²) in [5.74, 6) is 0.272. The third kappa shape index (κ3) is 3.17. The lowest BCUT2D eigenvalue weighted by atomic mass is 9.90. The van der Waals surface area contributed by atoms with Crippen molar-refractivity contribution in [1.82, 2.24) is 4.98 Å². The van der Waals surface area contributed by atoms with E-state index in [0.29, 0.717) is 4.83 Å². The average Bonchev–Trinajstić information content (AvgIpc) is 2.84. The van der Waals surface area contributed by atoms with Gasteiger partial charge in [-0.05, 0) is 24.5 Å². The number of nitrogens with one attached hydrogen (secondary N) is 1. The first-order chi connectivity index (χ1) is 9.19. The molecule has 0 fully saturated rings. The van der Waals surface area contributed by atoms with Crippen molar-refractivity contribution in [3.8, 4) is 0 Å². The molecule has 0 saturated carbocycles. The van der Waals surface area contributed by atoms with E-state index in [0.717, 1.165) is 19.3 Å². The number of fused-ring (bicyclic) bond motifs is 1. The molecule has 2 rings (SSSR count). The molecule has 0 amide bonds. The molecule has 0 aliphatic carbocycles. The molecule has 1 nitrogen and oxygen atoms in total. The van der Waals surface area contributed by atoms with Crippen LogP contribution in [0.2, 0.25) is 0 Å². The normalized spacial score (nSPS) is 16.4. The molecule has 1 heterocycles. The van der Waals surface area contributed by atoms with Gasteiger partial charge in [0.2, 0.25) is 0 Å². The predicted octanol–water partition coefficient (Wildman–Crippen LogP) is 5.65. The van der Waals surface area contributed by atoms with E-state index in [2.05, 4.69) is 59.2 Å². The second-order valence-corrected chi connectivity index (χ2v) is 6.61. The van der Waals surface area contributed by atoms with Crippen LogP contribution in [-0.4, -0.2) is 15.2 Å². The van der Waals surface area contributed by atoms with Gasteiger partial charge in [0, 0.05) is 27.8 Å². The van der Waals surface area contributed by atoms with Crippen LogP contribution in [0.1, 0.15) is 37.7 Å². The summed E-state index contributed by atoms with van der Waals surface area (Å²) in [5, 5.41) is 1.33. The highest BCUT2D eigenvalue weighted by Gasteiger charge is 2.27. The number of hydrogen-bond acceptors (Lipinski definition) is 0. The average molecular weight is 342 g/mol. The number of para-hydroxylation sites is 1. The minimum Gasteiger partial charge on any atom is -0.361 e. The topological polar surface area (TPSA) is 15.8 Å². The highest BCUT2D eigenvalue weighted by atomic mass is 79.9. The number of halogens is 2. The maximum Gasteiger partial charge on any atom is 0.0530 e. The Morgan fingerprint density at radius 3 is 2.79 bits per heavy atom. The van der Waals surface area contributed by atoms with Gasteiger partial charge in [-0.15, -0.1) is 11.6 Å². The first kappa shape index (κ1) is 14.9. The molecule has 0 saturated heterocycles. The molecule has 3 unspecified atom stereocenters. The Hall–Kier alpha value is -0.470. The summed E-state index contributed by atoms with van der Waals surface area (Å²) < 4.78 is 0. The van der Waals surface area contributed by atoms with E-state index in [9.17, 15) is 0 Å². The van der Waals surface area contributed by atoms with Crippen LogP contribution in [0.5, 0.6) is 0 Å². The van der Waals surface area contributed by atoms with Gasteiger partial charge in [-0.1, -0.05) is 54.4 Å². The SMILES string of the molecule is [CH2]CC(c1c[nH]c2ccccc12)C(Cl)C(Br)CCC. The zero-order chi connectivity index (χ0) is 13.8. The fourth-order valence-corrected chi connectivity index (χ4v) is 3.79. The lowest BCUT2D eigenvalue weighted by Gasteiger charge is -2.25. The van der Waals surface area contributed by atoms with Gasteiger partial charge in [-0.2, -0.15) is 0 Å². The molecule has 0 aliphatic heterocycles. The number of H-pyrrole nitrogens is 1. The third-order valence-corrected chi connectivity index (χ3v) is 5.57. The van der Waals surface area contributed by atoms with Crippen LogP contribution >= 0.6 is 27.5 Å². The molecule has 1 aromatic heterocycles. The molecule has 19 heavy (non-hydrogen) atoms. The number of alkyl halides is 2. The van der Waals surface area contributed by atoms with Gasteiger partial charge >= 0.3 is 0 Å². The van der Waals surface area contributed by atoms with Crippen LogP contribution in [0.25, 0.3) is 10.9 Å². The minimum absolute atomic E-state index is 0.0663. The van der Waals surface area contributed by atoms with E-state index < -0.39 is 0 Å². The second-order valence-electron chi connectivity index (χ2n) is 4.93. The summed E-state index contributed by atoms with van der Waals surface area (Å²) in [4.78, 5) is 3.66. The molecule has 0 spiro atoms. The Bertz CT molecular complexity index is 522. The van der Waals surface area contributed by atoms with Crippen molar-refractivity contribution in [2.75, 3.05) is 0 Å². The summed E-state index contributed by atoms with van der Waals surface area (Å²) in [6, 6.07) is 8.36. The highest BCUT2D eigenvalue weighted by molar-refractivity contribution is 9.09. The van der Waals surface area contributed by atoms with E-state index in [1.807, 2.05) is 6.07 Å².